The molecule has 7 heteroatoms. The number of nitrogens with one attached hydrogen (secondary N) is 1. The van der Waals surface area contributed by atoms with Crippen LogP contribution in [-0.2, 0) is 12.8 Å². The highest BCUT2D eigenvalue weighted by atomic mass is 16.5. The summed E-state index contributed by atoms with van der Waals surface area (Å²) in [4.78, 5) is 5.07. The highest BCUT2D eigenvalue weighted by molar-refractivity contribution is 5.92. The molecule has 0 radical (unpaired) electrons. The minimum Gasteiger partial charge on any atom is -0.494 e. The molecule has 0 unspecified atom stereocenters. The second-order valence-corrected chi connectivity index (χ2v) is 8.98. The molecular formula is C25H27N5O2. The Morgan fingerprint density at radius 2 is 2.00 bits per heavy atom. The number of ether oxygens (including phenoxy) is 1. The Balaban J connectivity index is 1.42. The lowest BCUT2D eigenvalue weighted by atomic mass is 9.93. The van der Waals surface area contributed by atoms with Crippen LogP contribution in [0.15, 0.2) is 36.7 Å². The van der Waals surface area contributed by atoms with Crippen LogP contribution in [0.25, 0.3) is 33.5 Å². The number of aliphatic hydroxyl groups excluding tert-OH is 1. The number of aryl methyl sites for hydroxylation is 1. The van der Waals surface area contributed by atoms with Crippen LogP contribution in [0.4, 0.5) is 0 Å². The van der Waals surface area contributed by atoms with Crippen molar-refractivity contribution >= 4 is 11.0 Å². The zero-order chi connectivity index (χ0) is 21.7. The van der Waals surface area contributed by atoms with Crippen LogP contribution < -0.4 is 4.74 Å². The first kappa shape index (κ1) is 19.5. The fraction of sp³-hybridized carbons (Fsp3) is 0.400. The first-order valence-corrected chi connectivity index (χ1v) is 11.5. The van der Waals surface area contributed by atoms with Crippen LogP contribution in [0.3, 0.4) is 0 Å². The Morgan fingerprint density at radius 1 is 1.12 bits per heavy atom. The molecule has 32 heavy (non-hydrogen) atoms. The highest BCUT2D eigenvalue weighted by Gasteiger charge is 2.24. The van der Waals surface area contributed by atoms with Crippen molar-refractivity contribution in [3.8, 4) is 28.3 Å². The molecule has 2 N–H and O–H groups in total. The largest absolute Gasteiger partial charge is 0.494 e. The number of benzene rings is 1. The average Bonchev–Trinajstić information content (AvgIpc) is 3.57. The Labute approximate surface area is 186 Å². The molecule has 0 spiro atoms. The van der Waals surface area contributed by atoms with E-state index in [1.807, 2.05) is 16.9 Å². The van der Waals surface area contributed by atoms with Gasteiger partial charge in [-0.15, -0.1) is 0 Å². The van der Waals surface area contributed by atoms with E-state index in [0.717, 1.165) is 77.8 Å². The van der Waals surface area contributed by atoms with Crippen molar-refractivity contribution in [2.24, 2.45) is 0 Å². The van der Waals surface area contributed by atoms with Gasteiger partial charge in [-0.2, -0.15) is 10.2 Å². The van der Waals surface area contributed by atoms with Crippen molar-refractivity contribution in [2.45, 2.75) is 57.1 Å². The fourth-order valence-electron chi connectivity index (χ4n) is 5.30. The lowest BCUT2D eigenvalue weighted by Gasteiger charge is -2.25. The van der Waals surface area contributed by atoms with E-state index in [0.29, 0.717) is 6.04 Å². The molecule has 0 atom stereocenters. The maximum Gasteiger partial charge on any atom is 0.147 e. The number of rotatable bonds is 4. The normalized spacial score (nSPS) is 20.6. The van der Waals surface area contributed by atoms with Gasteiger partial charge in [0.05, 0.1) is 31.0 Å². The van der Waals surface area contributed by atoms with E-state index in [2.05, 4.69) is 39.7 Å². The third kappa shape index (κ3) is 3.19. The molecule has 4 aromatic rings. The zero-order valence-corrected chi connectivity index (χ0v) is 18.2. The smallest absolute Gasteiger partial charge is 0.147 e. The molecule has 0 aliphatic heterocycles. The van der Waals surface area contributed by atoms with Gasteiger partial charge < -0.3 is 9.84 Å². The van der Waals surface area contributed by atoms with E-state index in [1.54, 1.807) is 7.11 Å². The summed E-state index contributed by atoms with van der Waals surface area (Å²) in [5, 5.41) is 22.1. The van der Waals surface area contributed by atoms with Crippen molar-refractivity contribution in [3.63, 3.8) is 0 Å². The van der Waals surface area contributed by atoms with E-state index in [-0.39, 0.29) is 6.10 Å². The Kier molecular flexibility index (Phi) is 4.72. The van der Waals surface area contributed by atoms with Gasteiger partial charge in [-0.3, -0.25) is 9.78 Å². The first-order chi connectivity index (χ1) is 15.7. The van der Waals surface area contributed by atoms with Crippen LogP contribution in [0.1, 0.15) is 49.3 Å². The number of hydrogen-bond donors (Lipinski definition) is 2. The predicted octanol–water partition coefficient (Wildman–Crippen LogP) is 4.46. The maximum absolute atomic E-state index is 9.81. The van der Waals surface area contributed by atoms with Gasteiger partial charge in [-0.05, 0) is 56.1 Å². The molecule has 0 saturated heterocycles. The third-order valence-corrected chi connectivity index (χ3v) is 7.04. The summed E-state index contributed by atoms with van der Waals surface area (Å²) in [6.07, 6.45) is 10.7. The van der Waals surface area contributed by atoms with Crippen LogP contribution in [-0.4, -0.2) is 43.3 Å². The number of fused-ring (bicyclic) bond motifs is 2. The summed E-state index contributed by atoms with van der Waals surface area (Å²) in [7, 11) is 1.69. The van der Waals surface area contributed by atoms with E-state index in [4.69, 9.17) is 9.72 Å². The number of nitrogens with zero attached hydrogens (tertiary/aromatic N) is 4. The zero-order valence-electron chi connectivity index (χ0n) is 18.2. The monoisotopic (exact) mass is 429 g/mol. The molecular weight excluding hydrogens is 402 g/mol. The Hall–Kier alpha value is -3.19. The van der Waals surface area contributed by atoms with Gasteiger partial charge in [0.25, 0.3) is 0 Å². The van der Waals surface area contributed by atoms with Crippen molar-refractivity contribution in [1.29, 1.82) is 0 Å². The topological polar surface area (TPSA) is 88.8 Å². The van der Waals surface area contributed by atoms with Crippen LogP contribution in [0.2, 0.25) is 0 Å². The van der Waals surface area contributed by atoms with Gasteiger partial charge in [0, 0.05) is 23.4 Å². The minimum absolute atomic E-state index is 0.173. The molecule has 2 aliphatic carbocycles. The number of methoxy groups -OCH3 is 1. The predicted molar refractivity (Wildman–Crippen MR) is 123 cm³/mol. The van der Waals surface area contributed by atoms with Crippen molar-refractivity contribution in [2.75, 3.05) is 7.11 Å². The van der Waals surface area contributed by atoms with Gasteiger partial charge in [-0.1, -0.05) is 18.2 Å². The SMILES string of the molecule is COc1cc2[nH]nc(-c3cnn(C4CCC(O)CC4)c3)c2nc1-c1cccc2c1CCC2. The van der Waals surface area contributed by atoms with E-state index in [1.165, 1.54) is 17.5 Å². The van der Waals surface area contributed by atoms with Crippen LogP contribution in [0, 0.1) is 0 Å². The molecule has 3 aromatic heterocycles. The van der Waals surface area contributed by atoms with Gasteiger partial charge in [0.1, 0.15) is 22.7 Å². The third-order valence-electron chi connectivity index (χ3n) is 7.04. The molecule has 1 saturated carbocycles. The molecule has 0 amide bonds. The minimum atomic E-state index is -0.173. The second kappa shape index (κ2) is 7.74. The molecule has 7 nitrogen and oxygen atoms in total. The standard InChI is InChI=1S/C25H27N5O2/c1-32-22-12-21-25(27-24(22)20-7-3-5-15-4-2-6-19(15)20)23(29-28-21)16-13-26-30(14-16)17-8-10-18(31)11-9-17/h3,5,7,12-14,17-18,31H,2,4,6,8-11H2,1H3,(H,28,29). The van der Waals surface area contributed by atoms with Gasteiger partial charge in [0.15, 0.2) is 0 Å². The quantitative estimate of drug-likeness (QED) is 0.500. The van der Waals surface area contributed by atoms with E-state index >= 15 is 0 Å². The van der Waals surface area contributed by atoms with E-state index < -0.39 is 0 Å². The molecule has 2 aliphatic rings. The number of aromatic amines is 1. The Morgan fingerprint density at radius 3 is 2.84 bits per heavy atom. The molecule has 1 fully saturated rings. The van der Waals surface area contributed by atoms with Crippen molar-refractivity contribution in [1.82, 2.24) is 25.0 Å². The van der Waals surface area contributed by atoms with Crippen molar-refractivity contribution < 1.29 is 9.84 Å². The number of aliphatic hydroxyl groups is 1. The molecule has 6 rings (SSSR count). The number of hydrogen-bond acceptors (Lipinski definition) is 5. The molecule has 164 valence electrons. The number of pyridine rings is 1. The average molecular weight is 430 g/mol. The highest BCUT2D eigenvalue weighted by Crippen LogP contribution is 2.39. The summed E-state index contributed by atoms with van der Waals surface area (Å²) in [5.74, 6) is 0.754. The lowest BCUT2D eigenvalue weighted by molar-refractivity contribution is 0.108. The molecule has 0 bridgehead atoms. The van der Waals surface area contributed by atoms with Gasteiger partial charge in [-0.25, -0.2) is 4.98 Å². The Bertz CT molecular complexity index is 1280. The number of H-pyrrole nitrogens is 1. The second-order valence-electron chi connectivity index (χ2n) is 8.98. The van der Waals surface area contributed by atoms with Crippen molar-refractivity contribution in [3.05, 3.63) is 47.8 Å². The van der Waals surface area contributed by atoms with Crippen LogP contribution in [0.5, 0.6) is 5.75 Å². The molecule has 1 aromatic carbocycles. The summed E-state index contributed by atoms with van der Waals surface area (Å²) >= 11 is 0. The summed E-state index contributed by atoms with van der Waals surface area (Å²) < 4.78 is 7.75. The molecule has 3 heterocycles. The first-order valence-electron chi connectivity index (χ1n) is 11.5. The van der Waals surface area contributed by atoms with Gasteiger partial charge in [0.2, 0.25) is 0 Å². The summed E-state index contributed by atoms with van der Waals surface area (Å²) in [6.45, 7) is 0. The fourth-order valence-corrected chi connectivity index (χ4v) is 5.30. The van der Waals surface area contributed by atoms with Crippen LogP contribution >= 0.6 is 0 Å². The summed E-state index contributed by atoms with van der Waals surface area (Å²) in [5.41, 5.74) is 8.25. The van der Waals surface area contributed by atoms with Gasteiger partial charge >= 0.3 is 0 Å². The lowest BCUT2D eigenvalue weighted by Crippen LogP contribution is -2.21. The summed E-state index contributed by atoms with van der Waals surface area (Å²) in [6, 6.07) is 8.81. The number of aromatic nitrogens is 5. The van der Waals surface area contributed by atoms with E-state index in [9.17, 15) is 5.11 Å². The maximum atomic E-state index is 9.81.